The molecule has 0 bridgehead atoms. The van der Waals surface area contributed by atoms with Gasteiger partial charge in [0.15, 0.2) is 0 Å². The van der Waals surface area contributed by atoms with Crippen molar-refractivity contribution < 1.29 is 9.59 Å². The maximum atomic E-state index is 12.6. The molecule has 0 fully saturated rings. The highest BCUT2D eigenvalue weighted by molar-refractivity contribution is 7.12. The molecule has 0 saturated heterocycles. The molecule has 0 aliphatic carbocycles. The summed E-state index contributed by atoms with van der Waals surface area (Å²) >= 11 is 1.26. The average Bonchev–Trinajstić information content (AvgIpc) is 3.11. The Bertz CT molecular complexity index is 922. The van der Waals surface area contributed by atoms with Gasteiger partial charge in [0.05, 0.1) is 11.9 Å². The molecule has 2 aromatic heterocycles. The zero-order chi connectivity index (χ0) is 18.5. The fourth-order valence-corrected chi connectivity index (χ4v) is 3.09. The van der Waals surface area contributed by atoms with Crippen LogP contribution in [0.5, 0.6) is 0 Å². The Balaban J connectivity index is 1.74. The SMILES string of the molecule is CC(C)c1cccc(NC(=O)c2sccc2NC(=O)c2cnccn2)c1. The third-order valence-corrected chi connectivity index (χ3v) is 4.64. The largest absolute Gasteiger partial charge is 0.321 e. The predicted molar refractivity (Wildman–Crippen MR) is 103 cm³/mol. The Morgan fingerprint density at radius 2 is 1.92 bits per heavy atom. The smallest absolute Gasteiger partial charge is 0.275 e. The summed E-state index contributed by atoms with van der Waals surface area (Å²) in [7, 11) is 0. The van der Waals surface area contributed by atoms with E-state index in [1.807, 2.05) is 24.3 Å². The maximum Gasteiger partial charge on any atom is 0.275 e. The first-order chi connectivity index (χ1) is 12.5. The van der Waals surface area contributed by atoms with Crippen LogP contribution in [0, 0.1) is 0 Å². The molecular weight excluding hydrogens is 348 g/mol. The zero-order valence-electron chi connectivity index (χ0n) is 14.4. The highest BCUT2D eigenvalue weighted by Gasteiger charge is 2.17. The van der Waals surface area contributed by atoms with Gasteiger partial charge in [-0.15, -0.1) is 11.3 Å². The van der Waals surface area contributed by atoms with E-state index < -0.39 is 5.91 Å². The molecule has 0 radical (unpaired) electrons. The van der Waals surface area contributed by atoms with Gasteiger partial charge >= 0.3 is 0 Å². The van der Waals surface area contributed by atoms with Crippen molar-refractivity contribution in [2.75, 3.05) is 10.6 Å². The third kappa shape index (κ3) is 4.12. The lowest BCUT2D eigenvalue weighted by atomic mass is 10.0. The van der Waals surface area contributed by atoms with Crippen LogP contribution in [-0.2, 0) is 0 Å². The topological polar surface area (TPSA) is 84.0 Å². The Kier molecular flexibility index (Phi) is 5.38. The fourth-order valence-electron chi connectivity index (χ4n) is 2.35. The molecule has 0 spiro atoms. The van der Waals surface area contributed by atoms with E-state index in [2.05, 4.69) is 34.4 Å². The lowest BCUT2D eigenvalue weighted by molar-refractivity contribution is 0.102. The van der Waals surface area contributed by atoms with Crippen LogP contribution >= 0.6 is 11.3 Å². The van der Waals surface area contributed by atoms with Gasteiger partial charge in [0.1, 0.15) is 10.6 Å². The molecular formula is C19H18N4O2S. The van der Waals surface area contributed by atoms with Crippen molar-refractivity contribution in [1.29, 1.82) is 0 Å². The summed E-state index contributed by atoms with van der Waals surface area (Å²) in [5, 5.41) is 7.35. The first-order valence-corrected chi connectivity index (χ1v) is 8.98. The molecule has 2 heterocycles. The molecule has 26 heavy (non-hydrogen) atoms. The van der Waals surface area contributed by atoms with Crippen LogP contribution in [0.15, 0.2) is 54.3 Å². The number of carbonyl (C=O) groups excluding carboxylic acids is 2. The van der Waals surface area contributed by atoms with E-state index in [1.165, 1.54) is 29.9 Å². The van der Waals surface area contributed by atoms with Crippen LogP contribution in [-0.4, -0.2) is 21.8 Å². The Hall–Kier alpha value is -3.06. The Morgan fingerprint density at radius 1 is 1.08 bits per heavy atom. The second-order valence-corrected chi connectivity index (χ2v) is 6.86. The first kappa shape index (κ1) is 17.8. The number of aromatic nitrogens is 2. The fraction of sp³-hybridized carbons (Fsp3) is 0.158. The maximum absolute atomic E-state index is 12.6. The van der Waals surface area contributed by atoms with E-state index in [1.54, 1.807) is 11.4 Å². The van der Waals surface area contributed by atoms with Crippen LogP contribution in [0.4, 0.5) is 11.4 Å². The molecule has 1 aromatic carbocycles. The molecule has 0 aliphatic heterocycles. The Labute approximate surface area is 155 Å². The molecule has 132 valence electrons. The normalized spacial score (nSPS) is 10.6. The van der Waals surface area contributed by atoms with Crippen molar-refractivity contribution in [3.63, 3.8) is 0 Å². The molecule has 0 saturated carbocycles. The van der Waals surface area contributed by atoms with E-state index in [0.717, 1.165) is 11.3 Å². The lowest BCUT2D eigenvalue weighted by Gasteiger charge is -2.10. The van der Waals surface area contributed by atoms with Crippen molar-refractivity contribution in [2.24, 2.45) is 0 Å². The molecule has 3 aromatic rings. The quantitative estimate of drug-likeness (QED) is 0.710. The minimum Gasteiger partial charge on any atom is -0.321 e. The van der Waals surface area contributed by atoms with Crippen LogP contribution in [0.25, 0.3) is 0 Å². The zero-order valence-corrected chi connectivity index (χ0v) is 15.2. The van der Waals surface area contributed by atoms with Crippen LogP contribution in [0.2, 0.25) is 0 Å². The number of carbonyl (C=O) groups is 2. The van der Waals surface area contributed by atoms with Gasteiger partial charge in [-0.25, -0.2) is 4.98 Å². The van der Waals surface area contributed by atoms with E-state index >= 15 is 0 Å². The number of rotatable bonds is 5. The summed E-state index contributed by atoms with van der Waals surface area (Å²) in [6, 6.07) is 9.43. The summed E-state index contributed by atoms with van der Waals surface area (Å²) in [6.45, 7) is 4.20. The molecule has 0 atom stereocenters. The van der Waals surface area contributed by atoms with Gasteiger partial charge in [0.2, 0.25) is 0 Å². The van der Waals surface area contributed by atoms with Gasteiger partial charge in [0, 0.05) is 18.1 Å². The van der Waals surface area contributed by atoms with Gasteiger partial charge in [-0.2, -0.15) is 0 Å². The van der Waals surface area contributed by atoms with Gasteiger partial charge in [-0.3, -0.25) is 14.6 Å². The molecule has 2 N–H and O–H groups in total. The summed E-state index contributed by atoms with van der Waals surface area (Å²) < 4.78 is 0. The number of amides is 2. The second-order valence-electron chi connectivity index (χ2n) is 5.94. The average molecular weight is 366 g/mol. The summed E-state index contributed by atoms with van der Waals surface area (Å²) in [5.41, 5.74) is 2.50. The van der Waals surface area contributed by atoms with E-state index in [4.69, 9.17) is 0 Å². The number of thiophene rings is 1. The summed E-state index contributed by atoms with van der Waals surface area (Å²) in [6.07, 6.45) is 4.31. The number of nitrogens with one attached hydrogen (secondary N) is 2. The number of hydrogen-bond acceptors (Lipinski definition) is 5. The summed E-state index contributed by atoms with van der Waals surface area (Å²) in [4.78, 5) is 33.1. The van der Waals surface area contributed by atoms with Crippen molar-refractivity contribution in [2.45, 2.75) is 19.8 Å². The van der Waals surface area contributed by atoms with Gasteiger partial charge in [-0.05, 0) is 35.1 Å². The van der Waals surface area contributed by atoms with E-state index in [-0.39, 0.29) is 11.6 Å². The van der Waals surface area contributed by atoms with E-state index in [0.29, 0.717) is 16.5 Å². The van der Waals surface area contributed by atoms with Crippen molar-refractivity contribution in [3.8, 4) is 0 Å². The Morgan fingerprint density at radius 3 is 2.65 bits per heavy atom. The van der Waals surface area contributed by atoms with Gasteiger partial charge in [0.25, 0.3) is 11.8 Å². The molecule has 0 unspecified atom stereocenters. The van der Waals surface area contributed by atoms with Crippen LogP contribution < -0.4 is 10.6 Å². The first-order valence-electron chi connectivity index (χ1n) is 8.11. The minimum atomic E-state index is -0.410. The van der Waals surface area contributed by atoms with E-state index in [9.17, 15) is 9.59 Å². The molecule has 3 rings (SSSR count). The number of benzene rings is 1. The lowest BCUT2D eigenvalue weighted by Crippen LogP contribution is -2.17. The molecule has 0 aliphatic rings. The summed E-state index contributed by atoms with van der Waals surface area (Å²) in [5.74, 6) is -0.307. The van der Waals surface area contributed by atoms with Gasteiger partial charge < -0.3 is 10.6 Å². The molecule has 6 nitrogen and oxygen atoms in total. The second kappa shape index (κ2) is 7.88. The van der Waals surface area contributed by atoms with Crippen molar-refractivity contribution in [1.82, 2.24) is 9.97 Å². The molecule has 2 amide bonds. The molecule has 7 heteroatoms. The highest BCUT2D eigenvalue weighted by Crippen LogP contribution is 2.25. The monoisotopic (exact) mass is 366 g/mol. The van der Waals surface area contributed by atoms with Gasteiger partial charge in [-0.1, -0.05) is 26.0 Å². The van der Waals surface area contributed by atoms with Crippen molar-refractivity contribution in [3.05, 3.63) is 70.4 Å². The minimum absolute atomic E-state index is 0.190. The number of anilines is 2. The third-order valence-electron chi connectivity index (χ3n) is 3.73. The van der Waals surface area contributed by atoms with Crippen LogP contribution in [0.1, 0.15) is 45.5 Å². The number of hydrogen-bond donors (Lipinski definition) is 2. The van der Waals surface area contributed by atoms with Crippen molar-refractivity contribution >= 4 is 34.5 Å². The predicted octanol–water partition coefficient (Wildman–Crippen LogP) is 4.17. The number of nitrogens with zero attached hydrogens (tertiary/aromatic N) is 2. The highest BCUT2D eigenvalue weighted by atomic mass is 32.1. The standard InChI is InChI=1S/C19H18N4O2S/c1-12(2)13-4-3-5-14(10-13)22-19(25)17-15(6-9-26-17)23-18(24)16-11-20-7-8-21-16/h3-12H,1-2H3,(H,22,25)(H,23,24). The van der Waals surface area contributed by atoms with Crippen LogP contribution in [0.3, 0.4) is 0 Å².